The molecule has 1 aliphatic heterocycles. The van der Waals surface area contributed by atoms with Crippen LogP contribution in [0.3, 0.4) is 0 Å². The number of methoxy groups -OCH3 is 1. The molecule has 0 aromatic heterocycles. The van der Waals surface area contributed by atoms with E-state index in [9.17, 15) is 14.7 Å². The molecule has 3 rings (SSSR count). The molecule has 1 saturated heterocycles. The van der Waals surface area contributed by atoms with Gasteiger partial charge in [-0.1, -0.05) is 26.0 Å². The van der Waals surface area contributed by atoms with E-state index < -0.39 is 17.7 Å². The van der Waals surface area contributed by atoms with Gasteiger partial charge in [0.2, 0.25) is 0 Å². The Labute approximate surface area is 208 Å². The van der Waals surface area contributed by atoms with E-state index in [1.165, 1.54) is 0 Å². The molecule has 1 aliphatic rings. The monoisotopic (exact) mass is 479 g/mol. The average Bonchev–Trinajstić information content (AvgIpc) is 3.08. The number of amides is 1. The van der Waals surface area contributed by atoms with E-state index in [1.807, 2.05) is 82.2 Å². The summed E-state index contributed by atoms with van der Waals surface area (Å²) in [4.78, 5) is 32.1. The fourth-order valence-corrected chi connectivity index (χ4v) is 4.46. The molecule has 2 aromatic carbocycles. The summed E-state index contributed by atoms with van der Waals surface area (Å²) in [5.74, 6) is -0.526. The van der Waals surface area contributed by atoms with Crippen LogP contribution < -0.4 is 9.64 Å². The van der Waals surface area contributed by atoms with Gasteiger partial charge in [-0.25, -0.2) is 0 Å². The number of nitrogens with zero attached hydrogens (tertiary/aromatic N) is 3. The van der Waals surface area contributed by atoms with Gasteiger partial charge < -0.3 is 24.5 Å². The number of benzene rings is 2. The number of hydrogen-bond acceptors (Lipinski definition) is 6. The van der Waals surface area contributed by atoms with E-state index in [0.717, 1.165) is 29.1 Å². The number of aliphatic hydroxyl groups is 1. The number of Topliss-reactive ketones (excluding diaryl/α,β-unsaturated/α-hetero) is 1. The van der Waals surface area contributed by atoms with Crippen LogP contribution in [0.1, 0.15) is 48.9 Å². The van der Waals surface area contributed by atoms with Gasteiger partial charge in [-0.2, -0.15) is 0 Å². The molecule has 7 heteroatoms. The molecule has 1 amide bonds. The molecule has 0 saturated carbocycles. The molecular formula is C28H37N3O4. The normalized spacial score (nSPS) is 17.5. The highest BCUT2D eigenvalue weighted by Crippen LogP contribution is 2.40. The highest BCUT2D eigenvalue weighted by atomic mass is 16.5. The summed E-state index contributed by atoms with van der Waals surface area (Å²) >= 11 is 0. The number of aliphatic hydroxyl groups excluding tert-OH is 1. The Morgan fingerprint density at radius 2 is 1.71 bits per heavy atom. The van der Waals surface area contributed by atoms with Gasteiger partial charge in [0.1, 0.15) is 11.5 Å². The Morgan fingerprint density at radius 3 is 2.26 bits per heavy atom. The lowest BCUT2D eigenvalue weighted by Crippen LogP contribution is -2.32. The first-order valence-electron chi connectivity index (χ1n) is 12.0. The van der Waals surface area contributed by atoms with Crippen molar-refractivity contribution in [3.05, 3.63) is 64.7 Å². The van der Waals surface area contributed by atoms with E-state index >= 15 is 0 Å². The number of rotatable bonds is 9. The van der Waals surface area contributed by atoms with Crippen molar-refractivity contribution in [1.82, 2.24) is 9.80 Å². The van der Waals surface area contributed by atoms with E-state index in [1.54, 1.807) is 24.1 Å². The van der Waals surface area contributed by atoms with Gasteiger partial charge in [0.15, 0.2) is 0 Å². The van der Waals surface area contributed by atoms with E-state index in [-0.39, 0.29) is 17.3 Å². The van der Waals surface area contributed by atoms with Crippen molar-refractivity contribution in [2.24, 2.45) is 0 Å². The summed E-state index contributed by atoms with van der Waals surface area (Å²) in [5.41, 5.74) is 3.34. The minimum Gasteiger partial charge on any atom is -0.507 e. The van der Waals surface area contributed by atoms with Crippen LogP contribution in [0, 0.1) is 0 Å². The molecule has 1 fully saturated rings. The number of anilines is 1. The minimum absolute atomic E-state index is 0.123. The zero-order valence-electron chi connectivity index (χ0n) is 21.8. The molecule has 1 unspecified atom stereocenters. The van der Waals surface area contributed by atoms with Crippen molar-refractivity contribution in [2.75, 3.05) is 53.3 Å². The lowest BCUT2D eigenvalue weighted by molar-refractivity contribution is -0.139. The molecule has 2 aromatic rings. The van der Waals surface area contributed by atoms with Gasteiger partial charge in [0.25, 0.3) is 11.7 Å². The largest absolute Gasteiger partial charge is 0.507 e. The van der Waals surface area contributed by atoms with Crippen LogP contribution in [-0.2, 0) is 9.59 Å². The van der Waals surface area contributed by atoms with Gasteiger partial charge in [0, 0.05) is 31.9 Å². The highest BCUT2D eigenvalue weighted by molar-refractivity contribution is 6.46. The second kappa shape index (κ2) is 11.0. The fourth-order valence-electron chi connectivity index (χ4n) is 4.46. The number of carbonyl (C=O) groups excluding carboxylic acids is 2. The van der Waals surface area contributed by atoms with Gasteiger partial charge in [-0.3, -0.25) is 9.59 Å². The number of ketones is 1. The second-order valence-electron chi connectivity index (χ2n) is 9.75. The van der Waals surface area contributed by atoms with Gasteiger partial charge >= 0.3 is 0 Å². The number of likely N-dealkylation sites (tertiary alicyclic amines) is 1. The SMILES string of the molecule is COc1ccc(/C(O)=C2/C(=O)C(=O)N(CCCN(C)C)C2c2ccc(N(C)C)cc2)cc1C(C)C. The molecular weight excluding hydrogens is 442 g/mol. The topological polar surface area (TPSA) is 73.3 Å². The predicted octanol–water partition coefficient (Wildman–Crippen LogP) is 4.26. The predicted molar refractivity (Wildman–Crippen MR) is 140 cm³/mol. The molecule has 0 radical (unpaired) electrons. The Bertz CT molecular complexity index is 1100. The second-order valence-corrected chi connectivity index (χ2v) is 9.75. The van der Waals surface area contributed by atoms with Crippen LogP contribution in [0.15, 0.2) is 48.0 Å². The Morgan fingerprint density at radius 1 is 1.06 bits per heavy atom. The molecule has 1 heterocycles. The molecule has 0 bridgehead atoms. The number of carbonyl (C=O) groups is 2. The lowest BCUT2D eigenvalue weighted by Gasteiger charge is -2.26. The third-order valence-corrected chi connectivity index (χ3v) is 6.39. The quantitative estimate of drug-likeness (QED) is 0.329. The lowest BCUT2D eigenvalue weighted by atomic mass is 9.93. The first-order valence-corrected chi connectivity index (χ1v) is 12.0. The van der Waals surface area contributed by atoms with Crippen LogP contribution in [0.2, 0.25) is 0 Å². The molecule has 1 N–H and O–H groups in total. The summed E-state index contributed by atoms with van der Waals surface area (Å²) in [6.45, 7) is 5.28. The van der Waals surface area contributed by atoms with Gasteiger partial charge in [0.05, 0.1) is 18.7 Å². The first-order chi connectivity index (χ1) is 16.6. The smallest absolute Gasteiger partial charge is 0.295 e. The summed E-state index contributed by atoms with van der Waals surface area (Å²) in [6.07, 6.45) is 0.715. The average molecular weight is 480 g/mol. The maximum absolute atomic E-state index is 13.3. The minimum atomic E-state index is -0.657. The standard InChI is InChI=1S/C28H37N3O4/c1-18(2)22-17-20(11-14-23(22)35-7)26(32)24-25(19-9-12-21(13-10-19)30(5)6)31(28(34)27(24)33)16-8-15-29(3)4/h9-14,17-18,25,32H,8,15-16H2,1-7H3/b26-24-. The van der Waals surface area contributed by atoms with Crippen LogP contribution in [0.5, 0.6) is 5.75 Å². The summed E-state index contributed by atoms with van der Waals surface area (Å²) < 4.78 is 5.47. The van der Waals surface area contributed by atoms with E-state index in [0.29, 0.717) is 18.5 Å². The van der Waals surface area contributed by atoms with Crippen LogP contribution in [0.25, 0.3) is 5.76 Å². The first kappa shape index (κ1) is 26.3. The molecule has 0 aliphatic carbocycles. The van der Waals surface area contributed by atoms with Crippen molar-refractivity contribution in [2.45, 2.75) is 32.2 Å². The van der Waals surface area contributed by atoms with Crippen molar-refractivity contribution in [3.8, 4) is 5.75 Å². The highest BCUT2D eigenvalue weighted by Gasteiger charge is 2.45. The maximum Gasteiger partial charge on any atom is 0.295 e. The van der Waals surface area contributed by atoms with E-state index in [2.05, 4.69) is 0 Å². The maximum atomic E-state index is 13.3. The summed E-state index contributed by atoms with van der Waals surface area (Å²) in [7, 11) is 9.47. The zero-order chi connectivity index (χ0) is 25.9. The zero-order valence-corrected chi connectivity index (χ0v) is 21.8. The molecule has 35 heavy (non-hydrogen) atoms. The Kier molecular flexibility index (Phi) is 8.22. The van der Waals surface area contributed by atoms with Crippen LogP contribution in [0.4, 0.5) is 5.69 Å². The van der Waals surface area contributed by atoms with Crippen LogP contribution in [-0.4, -0.2) is 75.0 Å². The van der Waals surface area contributed by atoms with Gasteiger partial charge in [-0.15, -0.1) is 0 Å². The van der Waals surface area contributed by atoms with Crippen LogP contribution >= 0.6 is 0 Å². The van der Waals surface area contributed by atoms with Crippen molar-refractivity contribution in [3.63, 3.8) is 0 Å². The van der Waals surface area contributed by atoms with E-state index in [4.69, 9.17) is 4.74 Å². The van der Waals surface area contributed by atoms with Gasteiger partial charge in [-0.05, 0) is 74.4 Å². The fraction of sp³-hybridized carbons (Fsp3) is 0.429. The third-order valence-electron chi connectivity index (χ3n) is 6.39. The molecule has 188 valence electrons. The number of hydrogen-bond donors (Lipinski definition) is 1. The molecule has 1 atom stereocenters. The Hall–Kier alpha value is -3.32. The van der Waals surface area contributed by atoms with Crippen molar-refractivity contribution >= 4 is 23.1 Å². The summed E-state index contributed by atoms with van der Waals surface area (Å²) in [5, 5.41) is 11.4. The summed E-state index contributed by atoms with van der Waals surface area (Å²) in [6, 6.07) is 12.5. The molecule has 0 spiro atoms. The third kappa shape index (κ3) is 5.51. The number of ether oxygens (including phenoxy) is 1. The molecule has 7 nitrogen and oxygen atoms in total. The Balaban J connectivity index is 2.14. The van der Waals surface area contributed by atoms with Crippen molar-refractivity contribution in [1.29, 1.82) is 0 Å². The van der Waals surface area contributed by atoms with Crippen molar-refractivity contribution < 1.29 is 19.4 Å².